The van der Waals surface area contributed by atoms with Gasteiger partial charge in [-0.3, -0.25) is 4.90 Å². The van der Waals surface area contributed by atoms with E-state index < -0.39 is 0 Å². The maximum atomic E-state index is 5.96. The summed E-state index contributed by atoms with van der Waals surface area (Å²) in [5.74, 6) is 0. The van der Waals surface area contributed by atoms with Gasteiger partial charge in [-0.25, -0.2) is 0 Å². The third-order valence-corrected chi connectivity index (χ3v) is 3.50. The van der Waals surface area contributed by atoms with Crippen molar-refractivity contribution in [2.45, 2.75) is 65.0 Å². The van der Waals surface area contributed by atoms with E-state index in [1.165, 1.54) is 44.2 Å². The van der Waals surface area contributed by atoms with Crippen LogP contribution < -0.4 is 5.73 Å². The van der Waals surface area contributed by atoms with Crippen molar-refractivity contribution in [2.75, 3.05) is 13.1 Å². The number of nitrogens with two attached hydrogens (primary N) is 1. The molecule has 1 aliphatic rings. The van der Waals surface area contributed by atoms with Gasteiger partial charge < -0.3 is 5.73 Å². The molecule has 0 spiro atoms. The monoisotopic (exact) mass is 224 g/mol. The van der Waals surface area contributed by atoms with Crippen LogP contribution in [0, 0.1) is 0 Å². The van der Waals surface area contributed by atoms with E-state index >= 15 is 0 Å². The van der Waals surface area contributed by atoms with E-state index in [2.05, 4.69) is 31.7 Å². The second-order valence-electron chi connectivity index (χ2n) is 5.35. The highest BCUT2D eigenvalue weighted by Gasteiger charge is 2.22. The number of rotatable bonds is 5. The van der Waals surface area contributed by atoms with Gasteiger partial charge in [0.05, 0.1) is 0 Å². The van der Waals surface area contributed by atoms with E-state index in [-0.39, 0.29) is 0 Å². The van der Waals surface area contributed by atoms with Crippen molar-refractivity contribution < 1.29 is 0 Å². The molecule has 0 unspecified atom stereocenters. The Balaban J connectivity index is 2.45. The lowest BCUT2D eigenvalue weighted by Crippen LogP contribution is -2.41. The first-order chi connectivity index (χ1) is 7.63. The Bertz CT molecular complexity index is 211. The molecule has 94 valence electrons. The molecule has 0 bridgehead atoms. The van der Waals surface area contributed by atoms with Crippen LogP contribution in [0.5, 0.6) is 0 Å². The Kier molecular flexibility index (Phi) is 6.07. The minimum absolute atomic E-state index is 0.461. The fraction of sp³-hybridized carbons (Fsp3) is 0.857. The van der Waals surface area contributed by atoms with Gasteiger partial charge in [0.25, 0.3) is 0 Å². The molecule has 0 aromatic rings. The summed E-state index contributed by atoms with van der Waals surface area (Å²) in [5.41, 5.74) is 7.39. The standard InChI is InChI=1S/C14H28N2/c1-4-10-16(11-9-12(2)3)14-7-5-13(15)6-8-14/h9,13-14H,4-8,10-11,15H2,1-3H3. The summed E-state index contributed by atoms with van der Waals surface area (Å²) in [6.07, 6.45) is 8.60. The third-order valence-electron chi connectivity index (χ3n) is 3.50. The summed E-state index contributed by atoms with van der Waals surface area (Å²) in [4.78, 5) is 2.64. The molecule has 0 aliphatic heterocycles. The molecule has 0 heterocycles. The summed E-state index contributed by atoms with van der Waals surface area (Å²) in [6, 6.07) is 1.23. The predicted molar refractivity (Wildman–Crippen MR) is 71.5 cm³/mol. The topological polar surface area (TPSA) is 29.3 Å². The molecule has 1 fully saturated rings. The van der Waals surface area contributed by atoms with Crippen molar-refractivity contribution >= 4 is 0 Å². The summed E-state index contributed by atoms with van der Waals surface area (Å²) < 4.78 is 0. The van der Waals surface area contributed by atoms with Crippen molar-refractivity contribution in [3.63, 3.8) is 0 Å². The van der Waals surface area contributed by atoms with Crippen LogP contribution in [0.2, 0.25) is 0 Å². The Labute approximate surface area is 101 Å². The van der Waals surface area contributed by atoms with E-state index in [1.807, 2.05) is 0 Å². The van der Waals surface area contributed by atoms with Gasteiger partial charge >= 0.3 is 0 Å². The lowest BCUT2D eigenvalue weighted by molar-refractivity contribution is 0.165. The van der Waals surface area contributed by atoms with Crippen LogP contribution in [0.1, 0.15) is 52.9 Å². The van der Waals surface area contributed by atoms with Gasteiger partial charge in [0.2, 0.25) is 0 Å². The molecule has 0 amide bonds. The Morgan fingerprint density at radius 2 is 1.88 bits per heavy atom. The number of allylic oxidation sites excluding steroid dienone is 1. The number of nitrogens with zero attached hydrogens (tertiary/aromatic N) is 1. The van der Waals surface area contributed by atoms with Crippen molar-refractivity contribution in [3.8, 4) is 0 Å². The van der Waals surface area contributed by atoms with Crippen LogP contribution in [0.25, 0.3) is 0 Å². The second-order valence-corrected chi connectivity index (χ2v) is 5.35. The van der Waals surface area contributed by atoms with Gasteiger partial charge in [-0.2, -0.15) is 0 Å². The summed E-state index contributed by atoms with van der Waals surface area (Å²) >= 11 is 0. The SMILES string of the molecule is CCCN(CC=C(C)C)C1CCC(N)CC1. The van der Waals surface area contributed by atoms with Gasteiger partial charge in [0.1, 0.15) is 0 Å². The normalized spacial score (nSPS) is 25.8. The van der Waals surface area contributed by atoms with Crippen LogP contribution >= 0.6 is 0 Å². The van der Waals surface area contributed by atoms with Gasteiger partial charge in [-0.05, 0) is 52.5 Å². The lowest BCUT2D eigenvalue weighted by Gasteiger charge is -2.35. The highest BCUT2D eigenvalue weighted by Crippen LogP contribution is 2.22. The maximum Gasteiger partial charge on any atom is 0.0168 e. The molecule has 0 aromatic carbocycles. The highest BCUT2D eigenvalue weighted by molar-refractivity contribution is 4.96. The first kappa shape index (κ1) is 13.7. The van der Waals surface area contributed by atoms with Crippen LogP contribution in [-0.2, 0) is 0 Å². The lowest BCUT2D eigenvalue weighted by atomic mass is 9.90. The zero-order valence-corrected chi connectivity index (χ0v) is 11.2. The van der Waals surface area contributed by atoms with Gasteiger partial charge in [0, 0.05) is 18.6 Å². The average Bonchev–Trinajstić information content (AvgIpc) is 2.25. The third kappa shape index (κ3) is 4.67. The fourth-order valence-corrected chi connectivity index (χ4v) is 2.48. The number of hydrogen-bond donors (Lipinski definition) is 1. The summed E-state index contributed by atoms with van der Waals surface area (Å²) in [5, 5.41) is 0. The molecule has 2 heteroatoms. The minimum atomic E-state index is 0.461. The average molecular weight is 224 g/mol. The highest BCUT2D eigenvalue weighted by atomic mass is 15.1. The molecule has 0 atom stereocenters. The van der Waals surface area contributed by atoms with Crippen molar-refractivity contribution in [2.24, 2.45) is 5.73 Å². The van der Waals surface area contributed by atoms with Gasteiger partial charge in [0.15, 0.2) is 0 Å². The fourth-order valence-electron chi connectivity index (χ4n) is 2.48. The molecule has 2 nitrogen and oxygen atoms in total. The molecule has 0 saturated heterocycles. The van der Waals surface area contributed by atoms with Gasteiger partial charge in [-0.15, -0.1) is 0 Å². The largest absolute Gasteiger partial charge is 0.328 e. The van der Waals surface area contributed by atoms with Gasteiger partial charge in [-0.1, -0.05) is 18.6 Å². The molecule has 1 aliphatic carbocycles. The first-order valence-electron chi connectivity index (χ1n) is 6.76. The van der Waals surface area contributed by atoms with Crippen LogP contribution in [-0.4, -0.2) is 30.1 Å². The maximum absolute atomic E-state index is 5.96. The molecule has 0 aromatic heterocycles. The predicted octanol–water partition coefficient (Wildman–Crippen LogP) is 2.93. The molecule has 2 N–H and O–H groups in total. The second kappa shape index (κ2) is 7.08. The molecule has 1 saturated carbocycles. The van der Waals surface area contributed by atoms with E-state index in [4.69, 9.17) is 5.73 Å². The minimum Gasteiger partial charge on any atom is -0.328 e. The van der Waals surface area contributed by atoms with E-state index in [1.54, 1.807) is 0 Å². The molecule has 16 heavy (non-hydrogen) atoms. The Morgan fingerprint density at radius 1 is 1.25 bits per heavy atom. The summed E-state index contributed by atoms with van der Waals surface area (Å²) in [7, 11) is 0. The van der Waals surface area contributed by atoms with Crippen molar-refractivity contribution in [3.05, 3.63) is 11.6 Å². The van der Waals surface area contributed by atoms with Crippen molar-refractivity contribution in [1.82, 2.24) is 4.90 Å². The first-order valence-corrected chi connectivity index (χ1v) is 6.76. The van der Waals surface area contributed by atoms with Crippen LogP contribution in [0.15, 0.2) is 11.6 Å². The molecule has 0 radical (unpaired) electrons. The smallest absolute Gasteiger partial charge is 0.0168 e. The molecular weight excluding hydrogens is 196 g/mol. The van der Waals surface area contributed by atoms with Crippen LogP contribution in [0.4, 0.5) is 0 Å². The van der Waals surface area contributed by atoms with Crippen LogP contribution in [0.3, 0.4) is 0 Å². The zero-order chi connectivity index (χ0) is 12.0. The quantitative estimate of drug-likeness (QED) is 0.728. The van der Waals surface area contributed by atoms with Crippen molar-refractivity contribution in [1.29, 1.82) is 0 Å². The number of hydrogen-bond acceptors (Lipinski definition) is 2. The Hall–Kier alpha value is -0.340. The zero-order valence-electron chi connectivity index (χ0n) is 11.2. The molecule has 1 rings (SSSR count). The summed E-state index contributed by atoms with van der Waals surface area (Å²) in [6.45, 7) is 8.98. The van der Waals surface area contributed by atoms with E-state index in [0.717, 1.165) is 12.6 Å². The van der Waals surface area contributed by atoms with E-state index in [9.17, 15) is 0 Å². The van der Waals surface area contributed by atoms with E-state index in [0.29, 0.717) is 6.04 Å². The Morgan fingerprint density at radius 3 is 2.38 bits per heavy atom. The molecular formula is C14H28N2.